The van der Waals surface area contributed by atoms with Crippen molar-refractivity contribution in [3.63, 3.8) is 0 Å². The third-order valence-corrected chi connectivity index (χ3v) is 2.04. The minimum Gasteiger partial charge on any atom is -0.478 e. The number of hydrogen-bond donors (Lipinski definition) is 1. The molecule has 0 aromatic rings. The van der Waals surface area contributed by atoms with Crippen LogP contribution in [0.4, 0.5) is 0 Å². The lowest BCUT2D eigenvalue weighted by Crippen LogP contribution is -2.31. The molecule has 0 unspecified atom stereocenters. The molecule has 0 radical (unpaired) electrons. The molecular formula is C11H17NO5. The van der Waals surface area contributed by atoms with E-state index in [9.17, 15) is 14.4 Å². The van der Waals surface area contributed by atoms with Gasteiger partial charge in [0.25, 0.3) is 0 Å². The van der Waals surface area contributed by atoms with E-state index in [0.29, 0.717) is 19.2 Å². The van der Waals surface area contributed by atoms with E-state index in [1.165, 1.54) is 0 Å². The first-order chi connectivity index (χ1) is 8.01. The zero-order valence-corrected chi connectivity index (χ0v) is 10.0. The highest BCUT2D eigenvalue weighted by atomic mass is 16.5. The summed E-state index contributed by atoms with van der Waals surface area (Å²) < 4.78 is 4.67. The Morgan fingerprint density at radius 1 is 1.18 bits per heavy atom. The van der Waals surface area contributed by atoms with Crippen molar-refractivity contribution in [1.29, 1.82) is 0 Å². The van der Waals surface area contributed by atoms with Crippen molar-refractivity contribution in [3.8, 4) is 0 Å². The summed E-state index contributed by atoms with van der Waals surface area (Å²) in [5.74, 6) is -2.08. The van der Waals surface area contributed by atoms with Gasteiger partial charge in [0.2, 0.25) is 5.91 Å². The van der Waals surface area contributed by atoms with Crippen LogP contribution in [0.15, 0.2) is 12.2 Å². The Morgan fingerprint density at radius 3 is 2.24 bits per heavy atom. The number of amides is 1. The van der Waals surface area contributed by atoms with E-state index in [-0.39, 0.29) is 18.9 Å². The number of carbonyl (C=O) groups is 3. The maximum absolute atomic E-state index is 11.5. The second-order valence-corrected chi connectivity index (χ2v) is 3.16. The van der Waals surface area contributed by atoms with Crippen LogP contribution in [0.25, 0.3) is 0 Å². The van der Waals surface area contributed by atoms with Gasteiger partial charge in [0.05, 0.1) is 6.42 Å². The zero-order chi connectivity index (χ0) is 13.3. The molecular weight excluding hydrogens is 226 g/mol. The van der Waals surface area contributed by atoms with Crippen molar-refractivity contribution >= 4 is 17.8 Å². The van der Waals surface area contributed by atoms with Crippen molar-refractivity contribution in [2.24, 2.45) is 0 Å². The molecule has 0 saturated carbocycles. The summed E-state index contributed by atoms with van der Waals surface area (Å²) in [6.07, 6.45) is 1.60. The normalized spacial score (nSPS) is 10.2. The topological polar surface area (TPSA) is 83.9 Å². The molecule has 0 bridgehead atoms. The fraction of sp³-hybridized carbons (Fsp3) is 0.545. The second kappa shape index (κ2) is 8.32. The van der Waals surface area contributed by atoms with Crippen molar-refractivity contribution in [2.75, 3.05) is 19.7 Å². The van der Waals surface area contributed by atoms with Crippen molar-refractivity contribution < 1.29 is 24.2 Å². The highest BCUT2D eigenvalue weighted by molar-refractivity contribution is 5.90. The molecule has 0 aliphatic heterocycles. The monoisotopic (exact) mass is 243 g/mol. The number of aliphatic carboxylic acids is 1. The molecule has 17 heavy (non-hydrogen) atoms. The molecule has 0 aromatic carbocycles. The largest absolute Gasteiger partial charge is 0.478 e. The lowest BCUT2D eigenvalue weighted by Gasteiger charge is -2.18. The summed E-state index contributed by atoms with van der Waals surface area (Å²) in [7, 11) is 0. The first kappa shape index (κ1) is 15.2. The summed E-state index contributed by atoms with van der Waals surface area (Å²) >= 11 is 0. The fourth-order valence-electron chi connectivity index (χ4n) is 1.16. The van der Waals surface area contributed by atoms with E-state index >= 15 is 0 Å². The van der Waals surface area contributed by atoms with Gasteiger partial charge in [0.1, 0.15) is 6.61 Å². The van der Waals surface area contributed by atoms with Crippen LogP contribution in [0.1, 0.15) is 20.3 Å². The summed E-state index contributed by atoms with van der Waals surface area (Å²) in [5, 5.41) is 8.26. The van der Waals surface area contributed by atoms with E-state index in [1.807, 2.05) is 13.8 Å². The van der Waals surface area contributed by atoms with Gasteiger partial charge in [-0.25, -0.2) is 9.59 Å². The number of hydrogen-bond acceptors (Lipinski definition) is 4. The minimum absolute atomic E-state index is 0.0435. The summed E-state index contributed by atoms with van der Waals surface area (Å²) in [5.41, 5.74) is 0. The number of esters is 1. The quantitative estimate of drug-likeness (QED) is 0.517. The molecule has 0 spiro atoms. The molecule has 0 atom stereocenters. The van der Waals surface area contributed by atoms with Crippen LogP contribution < -0.4 is 0 Å². The standard InChI is InChI=1S/C11H17NO5/c1-3-12(4-2)9(13)7-8-17-11(16)6-5-10(14)15/h5-6H,3-4,7-8H2,1-2H3,(H,14,15)/b6-5+. The number of carboxylic acids is 1. The second-order valence-electron chi connectivity index (χ2n) is 3.16. The number of ether oxygens (including phenoxy) is 1. The number of rotatable bonds is 7. The van der Waals surface area contributed by atoms with Gasteiger partial charge in [-0.2, -0.15) is 0 Å². The third-order valence-electron chi connectivity index (χ3n) is 2.04. The molecule has 0 fully saturated rings. The fourth-order valence-corrected chi connectivity index (χ4v) is 1.16. The zero-order valence-electron chi connectivity index (χ0n) is 10.0. The molecule has 6 nitrogen and oxygen atoms in total. The van der Waals surface area contributed by atoms with Gasteiger partial charge in [0, 0.05) is 25.2 Å². The van der Waals surface area contributed by atoms with E-state index < -0.39 is 11.9 Å². The van der Waals surface area contributed by atoms with Gasteiger partial charge < -0.3 is 14.7 Å². The van der Waals surface area contributed by atoms with Gasteiger partial charge in [0.15, 0.2) is 0 Å². The first-order valence-electron chi connectivity index (χ1n) is 5.36. The van der Waals surface area contributed by atoms with Crippen LogP contribution >= 0.6 is 0 Å². The average Bonchev–Trinajstić information content (AvgIpc) is 2.28. The van der Waals surface area contributed by atoms with Crippen LogP contribution in [0.3, 0.4) is 0 Å². The Morgan fingerprint density at radius 2 is 1.76 bits per heavy atom. The maximum atomic E-state index is 11.5. The molecule has 0 heterocycles. The number of carboxylic acid groups (broad SMARTS) is 1. The summed E-state index contributed by atoms with van der Waals surface area (Å²) in [6.45, 7) is 4.91. The van der Waals surface area contributed by atoms with Gasteiger partial charge in [-0.15, -0.1) is 0 Å². The van der Waals surface area contributed by atoms with Crippen LogP contribution in [-0.2, 0) is 19.1 Å². The Kier molecular flexibility index (Phi) is 7.41. The summed E-state index contributed by atoms with van der Waals surface area (Å²) in [4.78, 5) is 34.1. The summed E-state index contributed by atoms with van der Waals surface area (Å²) in [6, 6.07) is 0. The Balaban J connectivity index is 3.87. The van der Waals surface area contributed by atoms with E-state index in [2.05, 4.69) is 4.74 Å². The Labute approximate surface area is 99.9 Å². The molecule has 0 rings (SSSR count). The highest BCUT2D eigenvalue weighted by Gasteiger charge is 2.09. The van der Waals surface area contributed by atoms with Crippen LogP contribution in [0.2, 0.25) is 0 Å². The van der Waals surface area contributed by atoms with Crippen LogP contribution in [0.5, 0.6) is 0 Å². The van der Waals surface area contributed by atoms with Crippen molar-refractivity contribution in [3.05, 3.63) is 12.2 Å². The van der Waals surface area contributed by atoms with Crippen LogP contribution in [-0.4, -0.2) is 47.5 Å². The minimum atomic E-state index is -1.22. The highest BCUT2D eigenvalue weighted by Crippen LogP contribution is 1.95. The van der Waals surface area contributed by atoms with E-state index in [1.54, 1.807) is 4.90 Å². The van der Waals surface area contributed by atoms with E-state index in [0.717, 1.165) is 6.08 Å². The van der Waals surface area contributed by atoms with Crippen molar-refractivity contribution in [1.82, 2.24) is 4.90 Å². The molecule has 1 amide bonds. The third kappa shape index (κ3) is 7.10. The molecule has 0 aliphatic rings. The predicted molar refractivity (Wildman–Crippen MR) is 60.3 cm³/mol. The first-order valence-corrected chi connectivity index (χ1v) is 5.36. The molecule has 0 aliphatic carbocycles. The predicted octanol–water partition coefficient (Wildman–Crippen LogP) is 0.429. The van der Waals surface area contributed by atoms with Gasteiger partial charge >= 0.3 is 11.9 Å². The molecule has 6 heteroatoms. The Hall–Kier alpha value is -1.85. The van der Waals surface area contributed by atoms with E-state index in [4.69, 9.17) is 5.11 Å². The lowest BCUT2D eigenvalue weighted by atomic mass is 10.3. The average molecular weight is 243 g/mol. The maximum Gasteiger partial charge on any atom is 0.331 e. The molecule has 0 saturated heterocycles. The number of carbonyl (C=O) groups excluding carboxylic acids is 2. The molecule has 96 valence electrons. The SMILES string of the molecule is CCN(CC)C(=O)CCOC(=O)/C=C/C(=O)O. The van der Waals surface area contributed by atoms with Gasteiger partial charge in [-0.05, 0) is 13.8 Å². The van der Waals surface area contributed by atoms with Crippen LogP contribution in [0, 0.1) is 0 Å². The van der Waals surface area contributed by atoms with Gasteiger partial charge in [-0.3, -0.25) is 4.79 Å². The molecule has 0 aromatic heterocycles. The van der Waals surface area contributed by atoms with Crippen molar-refractivity contribution in [2.45, 2.75) is 20.3 Å². The number of nitrogens with zero attached hydrogens (tertiary/aromatic N) is 1. The molecule has 1 N–H and O–H groups in total. The van der Waals surface area contributed by atoms with Gasteiger partial charge in [-0.1, -0.05) is 0 Å². The Bertz CT molecular complexity index is 307. The smallest absolute Gasteiger partial charge is 0.331 e. The lowest BCUT2D eigenvalue weighted by molar-refractivity contribution is -0.141.